The molecule has 0 aromatic heterocycles. The molecule has 2 nitrogen and oxygen atoms in total. The van der Waals surface area contributed by atoms with E-state index in [1.165, 1.54) is 44.9 Å². The molecule has 0 radical (unpaired) electrons. The fourth-order valence-electron chi connectivity index (χ4n) is 9.49. The van der Waals surface area contributed by atoms with Crippen LogP contribution in [0.5, 0.6) is 0 Å². The summed E-state index contributed by atoms with van der Waals surface area (Å²) in [7, 11) is 0. The summed E-state index contributed by atoms with van der Waals surface area (Å²) in [5.74, 6) is 5.12. The van der Waals surface area contributed by atoms with Gasteiger partial charge in [-0.2, -0.15) is 0 Å². The number of carbonyl (C=O) groups excluding carboxylic acids is 1. The van der Waals surface area contributed by atoms with Gasteiger partial charge in [-0.05, 0) is 96.8 Å². The third kappa shape index (κ3) is 4.65. The zero-order chi connectivity index (χ0) is 25.5. The highest BCUT2D eigenvalue weighted by Gasteiger charge is 2.60. The number of benzene rings is 1. The Hall–Kier alpha value is -1.41. The molecule has 0 unspecified atom stereocenters. The SMILES string of the molecule is CC(C)CCC[C@@H](C)[C@H]1CC[C@H]2[C@@H]3CC=C4C(=O)[C@@H](OCc5ccccc5)CC[C@]4(C)[C@H]3CC[C@]12C. The standard InChI is InChI=1S/C34H50O2/c1-23(2)10-9-11-24(3)27-16-17-28-26-14-15-30-32(35)31(36-22-25-12-7-6-8-13-25)19-21-34(30,5)29(26)18-20-33(27,28)4/h6-8,12-13,15,23-24,26-29,31H,9-11,14,16-22H2,1-5H3/t24-,26+,27-,28+,29+,31+,33-,34-/m1/s1. The predicted molar refractivity (Wildman–Crippen MR) is 148 cm³/mol. The molecule has 3 fully saturated rings. The second-order valence-electron chi connectivity index (χ2n) is 13.9. The maximum atomic E-state index is 13.6. The van der Waals surface area contributed by atoms with Crippen LogP contribution in [0.1, 0.15) is 104 Å². The van der Waals surface area contributed by atoms with Gasteiger partial charge >= 0.3 is 0 Å². The Labute approximate surface area is 220 Å². The van der Waals surface area contributed by atoms with Crippen LogP contribution in [0.15, 0.2) is 42.0 Å². The van der Waals surface area contributed by atoms with Gasteiger partial charge in [0.05, 0.1) is 6.61 Å². The van der Waals surface area contributed by atoms with Crippen LogP contribution in [0.3, 0.4) is 0 Å². The highest BCUT2D eigenvalue weighted by atomic mass is 16.5. The summed E-state index contributed by atoms with van der Waals surface area (Å²) in [6.07, 6.45) is 14.9. The molecule has 0 saturated heterocycles. The number of hydrogen-bond acceptors (Lipinski definition) is 2. The molecular formula is C34H50O2. The molecule has 4 aliphatic carbocycles. The number of allylic oxidation sites excluding steroid dienone is 1. The van der Waals surface area contributed by atoms with Crippen molar-refractivity contribution in [3.05, 3.63) is 47.5 Å². The summed E-state index contributed by atoms with van der Waals surface area (Å²) in [6, 6.07) is 10.3. The lowest BCUT2D eigenvalue weighted by atomic mass is 9.46. The van der Waals surface area contributed by atoms with Crippen molar-refractivity contribution in [2.45, 2.75) is 112 Å². The van der Waals surface area contributed by atoms with E-state index < -0.39 is 0 Å². The Morgan fingerprint density at radius 2 is 1.72 bits per heavy atom. The third-order valence-corrected chi connectivity index (χ3v) is 11.4. The minimum atomic E-state index is -0.266. The maximum Gasteiger partial charge on any atom is 0.187 e. The van der Waals surface area contributed by atoms with Crippen LogP contribution in [0.4, 0.5) is 0 Å². The zero-order valence-corrected chi connectivity index (χ0v) is 23.6. The van der Waals surface area contributed by atoms with Crippen molar-refractivity contribution >= 4 is 5.78 Å². The van der Waals surface area contributed by atoms with Gasteiger partial charge in [-0.25, -0.2) is 0 Å². The van der Waals surface area contributed by atoms with Crippen molar-refractivity contribution in [3.63, 3.8) is 0 Å². The third-order valence-electron chi connectivity index (χ3n) is 11.4. The van der Waals surface area contributed by atoms with Crippen LogP contribution < -0.4 is 0 Å². The molecule has 36 heavy (non-hydrogen) atoms. The summed E-state index contributed by atoms with van der Waals surface area (Å²) in [4.78, 5) is 13.6. The van der Waals surface area contributed by atoms with E-state index in [1.807, 2.05) is 18.2 Å². The lowest BCUT2D eigenvalue weighted by molar-refractivity contribution is -0.136. The first-order valence-corrected chi connectivity index (χ1v) is 15.1. The molecule has 0 spiro atoms. The Kier molecular flexibility index (Phi) is 7.57. The summed E-state index contributed by atoms with van der Waals surface area (Å²) in [5, 5.41) is 0. The van der Waals surface area contributed by atoms with Gasteiger partial charge < -0.3 is 4.74 Å². The van der Waals surface area contributed by atoms with Gasteiger partial charge in [-0.1, -0.05) is 90.3 Å². The van der Waals surface area contributed by atoms with E-state index in [-0.39, 0.29) is 17.3 Å². The van der Waals surface area contributed by atoms with Crippen LogP contribution in [0.25, 0.3) is 0 Å². The number of Topliss-reactive ketones (excluding diaryl/α,β-unsaturated/α-hetero) is 1. The van der Waals surface area contributed by atoms with Crippen molar-refractivity contribution in [3.8, 4) is 0 Å². The van der Waals surface area contributed by atoms with Crippen LogP contribution in [-0.4, -0.2) is 11.9 Å². The van der Waals surface area contributed by atoms with Gasteiger partial charge in [0.15, 0.2) is 5.78 Å². The number of rotatable bonds is 8. The molecule has 3 saturated carbocycles. The second kappa shape index (κ2) is 10.4. The van der Waals surface area contributed by atoms with Crippen LogP contribution >= 0.6 is 0 Å². The summed E-state index contributed by atoms with van der Waals surface area (Å²) in [6.45, 7) is 12.9. The Morgan fingerprint density at radius 3 is 2.47 bits per heavy atom. The van der Waals surface area contributed by atoms with E-state index in [4.69, 9.17) is 4.74 Å². The van der Waals surface area contributed by atoms with Gasteiger partial charge in [0.2, 0.25) is 0 Å². The molecule has 198 valence electrons. The molecule has 0 aliphatic heterocycles. The minimum absolute atomic E-state index is 0.0505. The van der Waals surface area contributed by atoms with Crippen LogP contribution in [-0.2, 0) is 16.1 Å². The molecule has 1 aromatic carbocycles. The Balaban J connectivity index is 1.27. The predicted octanol–water partition coefficient (Wildman–Crippen LogP) is 8.79. The molecule has 5 rings (SSSR count). The smallest absolute Gasteiger partial charge is 0.187 e. The van der Waals surface area contributed by atoms with E-state index in [0.717, 1.165) is 60.0 Å². The highest BCUT2D eigenvalue weighted by Crippen LogP contribution is 2.67. The lowest BCUT2D eigenvalue weighted by Gasteiger charge is -2.58. The van der Waals surface area contributed by atoms with E-state index in [2.05, 4.69) is 52.8 Å². The molecule has 2 heteroatoms. The van der Waals surface area contributed by atoms with Gasteiger partial charge in [0.25, 0.3) is 0 Å². The molecule has 0 amide bonds. The van der Waals surface area contributed by atoms with Gasteiger partial charge in [0.1, 0.15) is 6.10 Å². The quantitative estimate of drug-likeness (QED) is 0.364. The number of ether oxygens (including phenoxy) is 1. The van der Waals surface area contributed by atoms with Crippen molar-refractivity contribution < 1.29 is 9.53 Å². The molecule has 0 N–H and O–H groups in total. The normalized spacial score (nSPS) is 38.8. The number of fused-ring (bicyclic) bond motifs is 5. The monoisotopic (exact) mass is 490 g/mol. The van der Waals surface area contributed by atoms with Crippen LogP contribution in [0.2, 0.25) is 0 Å². The fourth-order valence-corrected chi connectivity index (χ4v) is 9.49. The fraction of sp³-hybridized carbons (Fsp3) is 0.735. The number of hydrogen-bond donors (Lipinski definition) is 0. The topological polar surface area (TPSA) is 26.3 Å². The molecule has 4 aliphatic rings. The average Bonchev–Trinajstić information content (AvgIpc) is 3.21. The number of ketones is 1. The van der Waals surface area contributed by atoms with Crippen molar-refractivity contribution in [2.24, 2.45) is 46.3 Å². The average molecular weight is 491 g/mol. The van der Waals surface area contributed by atoms with E-state index >= 15 is 0 Å². The van der Waals surface area contributed by atoms with Gasteiger partial charge in [-0.15, -0.1) is 0 Å². The van der Waals surface area contributed by atoms with Crippen molar-refractivity contribution in [2.75, 3.05) is 0 Å². The summed E-state index contributed by atoms with van der Waals surface area (Å²) in [5.41, 5.74) is 2.82. The first-order chi connectivity index (χ1) is 17.2. The Bertz CT molecular complexity index is 947. The van der Waals surface area contributed by atoms with Crippen LogP contribution in [0, 0.1) is 46.3 Å². The van der Waals surface area contributed by atoms with Gasteiger partial charge in [0, 0.05) is 5.57 Å². The highest BCUT2D eigenvalue weighted by molar-refractivity contribution is 6.01. The van der Waals surface area contributed by atoms with Crippen molar-refractivity contribution in [1.82, 2.24) is 0 Å². The first-order valence-electron chi connectivity index (χ1n) is 15.1. The number of carbonyl (C=O) groups is 1. The van der Waals surface area contributed by atoms with E-state index in [9.17, 15) is 4.79 Å². The van der Waals surface area contributed by atoms with Gasteiger partial charge in [-0.3, -0.25) is 4.79 Å². The summed E-state index contributed by atoms with van der Waals surface area (Å²) >= 11 is 0. The maximum absolute atomic E-state index is 13.6. The molecule has 8 atom stereocenters. The van der Waals surface area contributed by atoms with Crippen molar-refractivity contribution in [1.29, 1.82) is 0 Å². The largest absolute Gasteiger partial charge is 0.365 e. The van der Waals surface area contributed by atoms with E-state index in [1.54, 1.807) is 0 Å². The molecule has 1 aromatic rings. The Morgan fingerprint density at radius 1 is 0.944 bits per heavy atom. The zero-order valence-electron chi connectivity index (χ0n) is 23.6. The second-order valence-corrected chi connectivity index (χ2v) is 13.9. The molecular weight excluding hydrogens is 440 g/mol. The lowest BCUT2D eigenvalue weighted by Crippen LogP contribution is -2.53. The molecule has 0 heterocycles. The molecule has 0 bridgehead atoms. The van der Waals surface area contributed by atoms with E-state index in [0.29, 0.717) is 17.9 Å². The first kappa shape index (κ1) is 26.2. The summed E-state index contributed by atoms with van der Waals surface area (Å²) < 4.78 is 6.19. The minimum Gasteiger partial charge on any atom is -0.365 e.